The second-order valence-corrected chi connectivity index (χ2v) is 2.88. The Morgan fingerprint density at radius 3 is 2.38 bits per heavy atom. The molecule has 1 rings (SSSR count). The van der Waals surface area contributed by atoms with Gasteiger partial charge in [-0.1, -0.05) is 0 Å². The molecule has 1 N–H and O–H groups in total. The molecule has 1 nitrogen and oxygen atoms in total. The molecule has 0 radical (unpaired) electrons. The van der Waals surface area contributed by atoms with Crippen LogP contribution in [0.25, 0.3) is 0 Å². The van der Waals surface area contributed by atoms with Crippen LogP contribution in [0.1, 0.15) is 11.1 Å². The first kappa shape index (κ1) is 10.1. The van der Waals surface area contributed by atoms with Crippen LogP contribution < -0.4 is 0 Å². The van der Waals surface area contributed by atoms with Crippen LogP contribution in [-0.2, 0) is 5.92 Å². The van der Waals surface area contributed by atoms with E-state index in [1.54, 1.807) is 0 Å². The Hall–Kier alpha value is -1.03. The minimum Gasteiger partial charge on any atom is -0.390 e. The van der Waals surface area contributed by atoms with Crippen LogP contribution in [0.2, 0.25) is 0 Å². The van der Waals surface area contributed by atoms with Gasteiger partial charge in [-0.05, 0) is 30.7 Å². The molecule has 1 aromatic rings. The molecule has 0 saturated heterocycles. The molecule has 0 aromatic heterocycles. The van der Waals surface area contributed by atoms with Gasteiger partial charge in [0, 0.05) is 5.56 Å². The van der Waals surface area contributed by atoms with Crippen molar-refractivity contribution in [2.45, 2.75) is 12.8 Å². The SMILES string of the molecule is Cc1cc(F)cc(C(F)(F)CO)c1. The molecular weight excluding hydrogens is 181 g/mol. The first-order chi connectivity index (χ1) is 5.95. The van der Waals surface area contributed by atoms with Gasteiger partial charge in [0.2, 0.25) is 0 Å². The fourth-order valence-electron chi connectivity index (χ4n) is 1.04. The second kappa shape index (κ2) is 3.38. The average molecular weight is 190 g/mol. The summed E-state index contributed by atoms with van der Waals surface area (Å²) in [4.78, 5) is 0. The van der Waals surface area contributed by atoms with E-state index in [4.69, 9.17) is 5.11 Å². The van der Waals surface area contributed by atoms with Crippen molar-refractivity contribution in [2.24, 2.45) is 0 Å². The lowest BCUT2D eigenvalue weighted by molar-refractivity contribution is -0.0558. The van der Waals surface area contributed by atoms with E-state index in [2.05, 4.69) is 0 Å². The molecule has 0 heterocycles. The van der Waals surface area contributed by atoms with Crippen LogP contribution in [0.15, 0.2) is 18.2 Å². The van der Waals surface area contributed by atoms with Gasteiger partial charge in [-0.25, -0.2) is 4.39 Å². The van der Waals surface area contributed by atoms with Gasteiger partial charge in [0.25, 0.3) is 5.92 Å². The van der Waals surface area contributed by atoms with Crippen molar-refractivity contribution in [2.75, 3.05) is 6.61 Å². The maximum absolute atomic E-state index is 12.8. The van der Waals surface area contributed by atoms with E-state index in [0.29, 0.717) is 5.56 Å². The third-order valence-corrected chi connectivity index (χ3v) is 1.66. The van der Waals surface area contributed by atoms with Crippen LogP contribution in [0.4, 0.5) is 13.2 Å². The molecule has 0 saturated carbocycles. The van der Waals surface area contributed by atoms with E-state index >= 15 is 0 Å². The number of aryl methyl sites for hydroxylation is 1. The highest BCUT2D eigenvalue weighted by atomic mass is 19.3. The Morgan fingerprint density at radius 1 is 1.31 bits per heavy atom. The predicted octanol–water partition coefficient (Wildman–Crippen LogP) is 2.22. The van der Waals surface area contributed by atoms with E-state index in [-0.39, 0.29) is 0 Å². The van der Waals surface area contributed by atoms with Gasteiger partial charge in [-0.3, -0.25) is 0 Å². The Kier molecular flexibility index (Phi) is 2.61. The molecule has 0 bridgehead atoms. The number of hydrogen-bond acceptors (Lipinski definition) is 1. The van der Waals surface area contributed by atoms with Gasteiger partial charge >= 0.3 is 0 Å². The lowest BCUT2D eigenvalue weighted by Gasteiger charge is -2.13. The fraction of sp³-hybridized carbons (Fsp3) is 0.333. The van der Waals surface area contributed by atoms with Crippen LogP contribution in [0, 0.1) is 12.7 Å². The Balaban J connectivity index is 3.15. The average Bonchev–Trinajstić information content (AvgIpc) is 2.02. The van der Waals surface area contributed by atoms with Crippen molar-refractivity contribution in [3.05, 3.63) is 35.1 Å². The summed E-state index contributed by atoms with van der Waals surface area (Å²) >= 11 is 0. The van der Waals surface area contributed by atoms with Crippen LogP contribution in [0.5, 0.6) is 0 Å². The van der Waals surface area contributed by atoms with Crippen LogP contribution in [0.3, 0.4) is 0 Å². The van der Waals surface area contributed by atoms with Crippen molar-refractivity contribution < 1.29 is 18.3 Å². The van der Waals surface area contributed by atoms with Gasteiger partial charge in [0.1, 0.15) is 12.4 Å². The van der Waals surface area contributed by atoms with Gasteiger partial charge in [0.15, 0.2) is 0 Å². The molecule has 13 heavy (non-hydrogen) atoms. The van der Waals surface area contributed by atoms with Crippen molar-refractivity contribution in [3.8, 4) is 0 Å². The zero-order valence-electron chi connectivity index (χ0n) is 7.02. The Morgan fingerprint density at radius 2 is 1.92 bits per heavy atom. The van der Waals surface area contributed by atoms with E-state index in [9.17, 15) is 13.2 Å². The summed E-state index contributed by atoms with van der Waals surface area (Å²) in [5.41, 5.74) is -0.0874. The number of aliphatic hydroxyl groups is 1. The van der Waals surface area contributed by atoms with Crippen molar-refractivity contribution in [3.63, 3.8) is 0 Å². The summed E-state index contributed by atoms with van der Waals surface area (Å²) in [6.07, 6.45) is 0. The highest BCUT2D eigenvalue weighted by molar-refractivity contribution is 5.27. The molecule has 1 aromatic carbocycles. The standard InChI is InChI=1S/C9H9F3O/c1-6-2-7(4-8(10)3-6)9(11,12)5-13/h2-4,13H,5H2,1H3. The number of rotatable bonds is 2. The van der Waals surface area contributed by atoms with Crippen LogP contribution >= 0.6 is 0 Å². The lowest BCUT2D eigenvalue weighted by atomic mass is 10.1. The Bertz CT molecular complexity index is 289. The number of aliphatic hydroxyl groups excluding tert-OH is 1. The van der Waals surface area contributed by atoms with Crippen molar-refractivity contribution >= 4 is 0 Å². The predicted molar refractivity (Wildman–Crippen MR) is 42.1 cm³/mol. The zero-order valence-corrected chi connectivity index (χ0v) is 7.02. The van der Waals surface area contributed by atoms with Crippen LogP contribution in [-0.4, -0.2) is 11.7 Å². The molecular formula is C9H9F3O. The van der Waals surface area contributed by atoms with Crippen molar-refractivity contribution in [1.82, 2.24) is 0 Å². The number of halogens is 3. The van der Waals surface area contributed by atoms with Gasteiger partial charge in [0.05, 0.1) is 0 Å². The first-order valence-corrected chi connectivity index (χ1v) is 3.72. The molecule has 72 valence electrons. The van der Waals surface area contributed by atoms with Gasteiger partial charge in [-0.15, -0.1) is 0 Å². The minimum absolute atomic E-state index is 0.406. The maximum Gasteiger partial charge on any atom is 0.295 e. The fourth-order valence-corrected chi connectivity index (χ4v) is 1.04. The molecule has 0 fully saturated rings. The number of hydrogen-bond donors (Lipinski definition) is 1. The molecule has 0 aliphatic carbocycles. The van der Waals surface area contributed by atoms with Gasteiger partial charge in [-0.2, -0.15) is 8.78 Å². The summed E-state index contributed by atoms with van der Waals surface area (Å²) in [5, 5.41) is 8.36. The molecule has 0 unspecified atom stereocenters. The lowest BCUT2D eigenvalue weighted by Crippen LogP contribution is -2.18. The highest BCUT2D eigenvalue weighted by Gasteiger charge is 2.30. The monoisotopic (exact) mass is 190 g/mol. The topological polar surface area (TPSA) is 20.2 Å². The smallest absolute Gasteiger partial charge is 0.295 e. The van der Waals surface area contributed by atoms with Gasteiger partial charge < -0.3 is 5.11 Å². The summed E-state index contributed by atoms with van der Waals surface area (Å²) < 4.78 is 38.3. The molecule has 0 amide bonds. The molecule has 0 spiro atoms. The second-order valence-electron chi connectivity index (χ2n) is 2.88. The van der Waals surface area contributed by atoms with E-state index in [1.807, 2.05) is 0 Å². The molecule has 0 atom stereocenters. The van der Waals surface area contributed by atoms with E-state index < -0.39 is 23.9 Å². The first-order valence-electron chi connectivity index (χ1n) is 3.72. The Labute approximate surface area is 73.8 Å². The third-order valence-electron chi connectivity index (χ3n) is 1.66. The highest BCUT2D eigenvalue weighted by Crippen LogP contribution is 2.28. The molecule has 0 aliphatic heterocycles. The quantitative estimate of drug-likeness (QED) is 0.758. The normalized spacial score (nSPS) is 11.8. The summed E-state index contributed by atoms with van der Waals surface area (Å²) in [6, 6.07) is 3.03. The number of benzene rings is 1. The molecule has 4 heteroatoms. The maximum atomic E-state index is 12.8. The summed E-state index contributed by atoms with van der Waals surface area (Å²) in [7, 11) is 0. The number of alkyl halides is 2. The molecule has 0 aliphatic rings. The largest absolute Gasteiger partial charge is 0.390 e. The van der Waals surface area contributed by atoms with Crippen molar-refractivity contribution in [1.29, 1.82) is 0 Å². The van der Waals surface area contributed by atoms with E-state index in [0.717, 1.165) is 18.2 Å². The third kappa shape index (κ3) is 2.21. The minimum atomic E-state index is -3.37. The zero-order chi connectivity index (χ0) is 10.1. The summed E-state index contributed by atoms with van der Waals surface area (Å²) in [5.74, 6) is -4.09. The summed E-state index contributed by atoms with van der Waals surface area (Å²) in [6.45, 7) is 0.204. The van der Waals surface area contributed by atoms with E-state index in [1.165, 1.54) is 6.92 Å².